The summed E-state index contributed by atoms with van der Waals surface area (Å²) in [5.74, 6) is -1.39. The lowest BCUT2D eigenvalue weighted by Crippen LogP contribution is -2.30. The normalized spacial score (nSPS) is 12.6. The Morgan fingerprint density at radius 1 is 1.20 bits per heavy atom. The summed E-state index contributed by atoms with van der Waals surface area (Å²) in [5, 5.41) is 43.3. The quantitative estimate of drug-likeness (QED) is 0.356. The van der Waals surface area contributed by atoms with Crippen LogP contribution in [0.15, 0.2) is 42.5 Å². The number of aromatic carboxylic acids is 1. The van der Waals surface area contributed by atoms with Crippen molar-refractivity contribution in [2.75, 3.05) is 6.54 Å². The minimum absolute atomic E-state index is 0.0361. The molecule has 0 fully saturated rings. The summed E-state index contributed by atoms with van der Waals surface area (Å²) in [6.45, 7) is 1.33. The Bertz CT molecular complexity index is 881. The third kappa shape index (κ3) is 6.00. The fourth-order valence-electron chi connectivity index (χ4n) is 2.78. The zero-order valence-electron chi connectivity index (χ0n) is 16.1. The van der Waals surface area contributed by atoms with E-state index in [1.54, 1.807) is 24.3 Å². The summed E-state index contributed by atoms with van der Waals surface area (Å²) in [6, 6.07) is 11.1. The number of nitro groups is 1. The van der Waals surface area contributed by atoms with Crippen molar-refractivity contribution in [3.8, 4) is 0 Å². The van der Waals surface area contributed by atoms with Crippen LogP contribution in [0.3, 0.4) is 0 Å². The predicted molar refractivity (Wildman–Crippen MR) is 105 cm³/mol. The number of hydrogen-bond donors (Lipinski definition) is 4. The Labute approximate surface area is 171 Å². The number of carboxylic acid groups (broad SMARTS) is 1. The second kappa shape index (κ2) is 10.3. The molecule has 0 radical (unpaired) electrons. The van der Waals surface area contributed by atoms with Crippen LogP contribution in [0, 0.1) is 17.0 Å². The number of aliphatic hydroxyl groups is 2. The van der Waals surface area contributed by atoms with Gasteiger partial charge in [0.15, 0.2) is 0 Å². The largest absolute Gasteiger partial charge is 0.478 e. The molecule has 10 nitrogen and oxygen atoms in total. The molecule has 0 aliphatic heterocycles. The zero-order chi connectivity index (χ0) is 22.3. The Morgan fingerprint density at radius 2 is 1.87 bits per heavy atom. The van der Waals surface area contributed by atoms with Crippen molar-refractivity contribution in [3.05, 3.63) is 74.8 Å². The molecule has 0 aliphatic rings. The van der Waals surface area contributed by atoms with E-state index < -0.39 is 34.9 Å². The molecule has 2 atom stereocenters. The molecule has 0 aromatic heterocycles. The van der Waals surface area contributed by atoms with E-state index in [2.05, 4.69) is 5.32 Å². The molecule has 2 unspecified atom stereocenters. The lowest BCUT2D eigenvalue weighted by Gasteiger charge is -2.19. The topological polar surface area (TPSA) is 159 Å². The first-order chi connectivity index (χ1) is 14.2. The summed E-state index contributed by atoms with van der Waals surface area (Å²) in [5.41, 5.74) is -0.172. The van der Waals surface area contributed by atoms with Gasteiger partial charge in [0.25, 0.3) is 5.69 Å². The molecular formula is C20H22N2O8. The van der Waals surface area contributed by atoms with Gasteiger partial charge in [0.1, 0.15) is 12.7 Å². The van der Waals surface area contributed by atoms with Gasteiger partial charge in [0.2, 0.25) is 0 Å². The number of nitro benzene ring substituents is 1. The Balaban J connectivity index is 1.94. The van der Waals surface area contributed by atoms with Gasteiger partial charge >= 0.3 is 12.1 Å². The lowest BCUT2D eigenvalue weighted by molar-refractivity contribution is -0.385. The van der Waals surface area contributed by atoms with Gasteiger partial charge < -0.3 is 25.4 Å². The lowest BCUT2D eigenvalue weighted by atomic mass is 9.96. The van der Waals surface area contributed by atoms with Crippen molar-refractivity contribution in [2.45, 2.75) is 32.2 Å². The average molecular weight is 418 g/mol. The standard InChI is InChI=1S/C20H22N2O8/c1-12-15(19(25)26)9-14(10-16(12)22(28)29)18(24)17(23)7-8-21-20(27)30-11-13-5-3-2-4-6-13/h2-6,9-10,17-18,23-24H,7-8,11H2,1H3,(H,21,27)(H,25,26). The monoisotopic (exact) mass is 418 g/mol. The van der Waals surface area contributed by atoms with Crippen LogP contribution in [0.25, 0.3) is 0 Å². The van der Waals surface area contributed by atoms with Crippen molar-refractivity contribution in [1.29, 1.82) is 0 Å². The first kappa shape index (κ1) is 22.8. The van der Waals surface area contributed by atoms with E-state index in [1.807, 2.05) is 6.07 Å². The highest BCUT2D eigenvalue weighted by atomic mass is 16.6. The van der Waals surface area contributed by atoms with Crippen LogP contribution < -0.4 is 5.32 Å². The highest BCUT2D eigenvalue weighted by Gasteiger charge is 2.26. The van der Waals surface area contributed by atoms with Gasteiger partial charge in [-0.15, -0.1) is 0 Å². The van der Waals surface area contributed by atoms with E-state index in [-0.39, 0.29) is 36.3 Å². The molecule has 2 rings (SSSR count). The van der Waals surface area contributed by atoms with Crippen molar-refractivity contribution in [1.82, 2.24) is 5.32 Å². The molecule has 0 saturated heterocycles. The molecule has 4 N–H and O–H groups in total. The first-order valence-corrected chi connectivity index (χ1v) is 9.03. The number of hydrogen-bond acceptors (Lipinski definition) is 7. The SMILES string of the molecule is Cc1c(C(=O)O)cc(C(O)C(O)CCNC(=O)OCc2ccccc2)cc1[N+](=O)[O-]. The molecule has 2 aromatic carbocycles. The molecule has 0 saturated carbocycles. The van der Waals surface area contributed by atoms with Gasteiger partial charge in [0.05, 0.1) is 16.6 Å². The summed E-state index contributed by atoms with van der Waals surface area (Å²) in [7, 11) is 0. The highest BCUT2D eigenvalue weighted by molar-refractivity contribution is 5.91. The molecular weight excluding hydrogens is 396 g/mol. The first-order valence-electron chi connectivity index (χ1n) is 9.03. The molecule has 0 bridgehead atoms. The molecule has 0 spiro atoms. The molecule has 1 amide bonds. The number of benzene rings is 2. The maximum atomic E-state index is 11.7. The maximum Gasteiger partial charge on any atom is 0.407 e. The fraction of sp³-hybridized carbons (Fsp3) is 0.300. The Morgan fingerprint density at radius 3 is 2.47 bits per heavy atom. The number of alkyl carbamates (subject to hydrolysis) is 1. The molecule has 0 aliphatic carbocycles. The van der Waals surface area contributed by atoms with E-state index in [1.165, 1.54) is 6.92 Å². The number of ether oxygens (including phenoxy) is 1. The number of nitrogens with one attached hydrogen (secondary N) is 1. The summed E-state index contributed by atoms with van der Waals surface area (Å²) >= 11 is 0. The second-order valence-electron chi connectivity index (χ2n) is 6.56. The third-order valence-electron chi connectivity index (χ3n) is 4.46. The van der Waals surface area contributed by atoms with Gasteiger partial charge in [-0.2, -0.15) is 0 Å². The minimum Gasteiger partial charge on any atom is -0.478 e. The van der Waals surface area contributed by atoms with Crippen LogP contribution in [0.1, 0.15) is 39.6 Å². The number of carbonyl (C=O) groups excluding carboxylic acids is 1. The number of amides is 1. The third-order valence-corrected chi connectivity index (χ3v) is 4.46. The van der Waals surface area contributed by atoms with E-state index in [0.29, 0.717) is 0 Å². The molecule has 10 heteroatoms. The van der Waals surface area contributed by atoms with Crippen LogP contribution in [0.5, 0.6) is 0 Å². The van der Waals surface area contributed by atoms with Crippen molar-refractivity contribution < 1.29 is 34.6 Å². The van der Waals surface area contributed by atoms with Crippen LogP contribution in [-0.2, 0) is 11.3 Å². The van der Waals surface area contributed by atoms with Crippen molar-refractivity contribution in [3.63, 3.8) is 0 Å². The van der Waals surface area contributed by atoms with Crippen LogP contribution in [-0.4, -0.2) is 45.0 Å². The van der Waals surface area contributed by atoms with E-state index >= 15 is 0 Å². The Kier molecular flexibility index (Phi) is 7.84. The van der Waals surface area contributed by atoms with Gasteiger partial charge in [-0.3, -0.25) is 10.1 Å². The van der Waals surface area contributed by atoms with Crippen LogP contribution >= 0.6 is 0 Å². The Hall–Kier alpha value is -3.50. The number of aliphatic hydroxyl groups excluding tert-OH is 2. The predicted octanol–water partition coefficient (Wildman–Crippen LogP) is 2.31. The summed E-state index contributed by atoms with van der Waals surface area (Å²) in [6.07, 6.45) is -3.78. The molecule has 30 heavy (non-hydrogen) atoms. The van der Waals surface area contributed by atoms with Gasteiger partial charge in [0, 0.05) is 18.2 Å². The van der Waals surface area contributed by atoms with Crippen molar-refractivity contribution >= 4 is 17.7 Å². The van der Waals surface area contributed by atoms with Gasteiger partial charge in [-0.25, -0.2) is 9.59 Å². The highest BCUT2D eigenvalue weighted by Crippen LogP contribution is 2.29. The number of nitrogens with zero attached hydrogens (tertiary/aromatic N) is 1. The number of carbonyl (C=O) groups is 2. The molecule has 0 heterocycles. The van der Waals surface area contributed by atoms with E-state index in [9.17, 15) is 35.0 Å². The van der Waals surface area contributed by atoms with Crippen molar-refractivity contribution in [2.24, 2.45) is 0 Å². The van der Waals surface area contributed by atoms with E-state index in [4.69, 9.17) is 4.74 Å². The van der Waals surface area contributed by atoms with Gasteiger partial charge in [-0.1, -0.05) is 30.3 Å². The average Bonchev–Trinajstić information content (AvgIpc) is 2.72. The summed E-state index contributed by atoms with van der Waals surface area (Å²) in [4.78, 5) is 33.4. The zero-order valence-corrected chi connectivity index (χ0v) is 16.1. The van der Waals surface area contributed by atoms with Gasteiger partial charge in [-0.05, 0) is 30.5 Å². The summed E-state index contributed by atoms with van der Waals surface area (Å²) < 4.78 is 5.02. The molecule has 2 aromatic rings. The smallest absolute Gasteiger partial charge is 0.407 e. The van der Waals surface area contributed by atoms with Crippen LogP contribution in [0.4, 0.5) is 10.5 Å². The minimum atomic E-state index is -1.58. The van der Waals surface area contributed by atoms with Crippen LogP contribution in [0.2, 0.25) is 0 Å². The maximum absolute atomic E-state index is 11.7. The van der Waals surface area contributed by atoms with E-state index in [0.717, 1.165) is 17.7 Å². The second-order valence-corrected chi connectivity index (χ2v) is 6.56. The molecule has 160 valence electrons. The number of carboxylic acids is 1. The fourth-order valence-corrected chi connectivity index (χ4v) is 2.78. The number of rotatable bonds is 9.